The molecule has 2 aromatic carbocycles. The Bertz CT molecular complexity index is 751. The smallest absolute Gasteiger partial charge is 0.131 e. The third kappa shape index (κ3) is 1.89. The van der Waals surface area contributed by atoms with E-state index in [2.05, 4.69) is 13.8 Å². The van der Waals surface area contributed by atoms with Crippen molar-refractivity contribution >= 4 is 10.8 Å². The van der Waals surface area contributed by atoms with Crippen molar-refractivity contribution < 1.29 is 9.13 Å². The van der Waals surface area contributed by atoms with Gasteiger partial charge in [-0.15, -0.1) is 0 Å². The molecule has 0 heterocycles. The van der Waals surface area contributed by atoms with Gasteiger partial charge in [-0.1, -0.05) is 13.8 Å². The Hall–Kier alpha value is -1.57. The molecule has 0 aromatic heterocycles. The highest BCUT2D eigenvalue weighted by molar-refractivity contribution is 5.89. The van der Waals surface area contributed by atoms with E-state index in [9.17, 15) is 4.39 Å². The zero-order valence-electron chi connectivity index (χ0n) is 13.6. The Kier molecular flexibility index (Phi) is 3.01. The van der Waals surface area contributed by atoms with Crippen molar-refractivity contribution in [2.45, 2.75) is 45.4 Å². The fourth-order valence-corrected chi connectivity index (χ4v) is 5.05. The normalized spacial score (nSPS) is 30.2. The molecule has 0 N–H and O–H groups in total. The van der Waals surface area contributed by atoms with Crippen LogP contribution in [0.2, 0.25) is 0 Å². The predicted molar refractivity (Wildman–Crippen MR) is 88.0 cm³/mol. The van der Waals surface area contributed by atoms with Crippen molar-refractivity contribution in [3.05, 3.63) is 41.2 Å². The van der Waals surface area contributed by atoms with Crippen molar-refractivity contribution in [1.82, 2.24) is 0 Å². The van der Waals surface area contributed by atoms with Gasteiger partial charge in [-0.25, -0.2) is 4.39 Å². The van der Waals surface area contributed by atoms with E-state index in [1.54, 1.807) is 7.11 Å². The van der Waals surface area contributed by atoms with Crippen LogP contribution >= 0.6 is 0 Å². The second kappa shape index (κ2) is 4.71. The van der Waals surface area contributed by atoms with Crippen LogP contribution in [0.4, 0.5) is 4.39 Å². The first-order valence-electron chi connectivity index (χ1n) is 8.31. The van der Waals surface area contributed by atoms with Gasteiger partial charge in [0.1, 0.15) is 11.6 Å². The lowest BCUT2D eigenvalue weighted by Gasteiger charge is -2.38. The Morgan fingerprint density at radius 3 is 2.82 bits per heavy atom. The van der Waals surface area contributed by atoms with Crippen LogP contribution in [0.5, 0.6) is 5.75 Å². The number of methoxy groups -OCH3 is 1. The molecule has 0 aliphatic heterocycles. The van der Waals surface area contributed by atoms with E-state index in [0.717, 1.165) is 28.9 Å². The molecule has 0 bridgehead atoms. The topological polar surface area (TPSA) is 9.23 Å². The Balaban J connectivity index is 1.96. The van der Waals surface area contributed by atoms with Gasteiger partial charge in [0.25, 0.3) is 0 Å². The lowest BCUT2D eigenvalue weighted by atomic mass is 9.66. The number of fused-ring (bicyclic) bond motifs is 5. The minimum atomic E-state index is -0.0831. The van der Waals surface area contributed by atoms with Crippen LogP contribution in [0.3, 0.4) is 0 Å². The molecule has 1 saturated carbocycles. The summed E-state index contributed by atoms with van der Waals surface area (Å²) >= 11 is 0. The molecule has 0 amide bonds. The Morgan fingerprint density at radius 2 is 2.05 bits per heavy atom. The molecular formula is C20H23FO. The van der Waals surface area contributed by atoms with Gasteiger partial charge in [-0.2, -0.15) is 0 Å². The quantitative estimate of drug-likeness (QED) is 0.680. The number of hydrogen-bond acceptors (Lipinski definition) is 1. The van der Waals surface area contributed by atoms with Crippen molar-refractivity contribution in [2.75, 3.05) is 7.11 Å². The minimum Gasteiger partial charge on any atom is -0.497 e. The van der Waals surface area contributed by atoms with Crippen molar-refractivity contribution in [2.24, 2.45) is 11.3 Å². The van der Waals surface area contributed by atoms with Crippen LogP contribution in [0, 0.1) is 17.2 Å². The molecule has 22 heavy (non-hydrogen) atoms. The van der Waals surface area contributed by atoms with E-state index in [1.807, 2.05) is 24.3 Å². The van der Waals surface area contributed by atoms with Crippen LogP contribution in [0.15, 0.2) is 24.3 Å². The maximum atomic E-state index is 14.6. The third-order valence-electron chi connectivity index (χ3n) is 6.06. The second-order valence-electron chi connectivity index (χ2n) is 7.59. The number of aryl methyl sites for hydroxylation is 1. The lowest BCUT2D eigenvalue weighted by molar-refractivity contribution is 0.248. The zero-order valence-corrected chi connectivity index (χ0v) is 13.6. The molecule has 2 aromatic rings. The molecule has 0 saturated heterocycles. The van der Waals surface area contributed by atoms with Crippen LogP contribution in [0.1, 0.15) is 50.2 Å². The Morgan fingerprint density at radius 1 is 1.23 bits per heavy atom. The molecule has 116 valence electrons. The molecule has 4 rings (SSSR count). The van der Waals surface area contributed by atoms with E-state index in [0.29, 0.717) is 11.3 Å². The standard InChI is InChI=1S/C20H23FO/c1-12-8-18-17-10-19(21)15-5-4-13(22-3)9-16(15)14(17)6-7-20(18,2)11-12/h4-5,9-10,12,18H,6-8,11H2,1-3H3/t12-,18-,20+/m0/s1. The Labute approximate surface area is 131 Å². The first-order chi connectivity index (χ1) is 10.5. The molecule has 1 nitrogen and oxygen atoms in total. The van der Waals surface area contributed by atoms with Gasteiger partial charge in [-0.05, 0) is 83.7 Å². The summed E-state index contributed by atoms with van der Waals surface area (Å²) in [6.07, 6.45) is 4.74. The third-order valence-corrected chi connectivity index (χ3v) is 6.06. The largest absolute Gasteiger partial charge is 0.497 e. The summed E-state index contributed by atoms with van der Waals surface area (Å²) < 4.78 is 20.0. The van der Waals surface area contributed by atoms with Gasteiger partial charge in [-0.3, -0.25) is 0 Å². The highest BCUT2D eigenvalue weighted by Crippen LogP contribution is 2.58. The highest BCUT2D eigenvalue weighted by atomic mass is 19.1. The van der Waals surface area contributed by atoms with E-state index in [4.69, 9.17) is 4.74 Å². The fraction of sp³-hybridized carbons (Fsp3) is 0.500. The first-order valence-corrected chi connectivity index (χ1v) is 8.31. The van der Waals surface area contributed by atoms with Gasteiger partial charge in [0.2, 0.25) is 0 Å². The van der Waals surface area contributed by atoms with Gasteiger partial charge in [0.05, 0.1) is 7.11 Å². The summed E-state index contributed by atoms with van der Waals surface area (Å²) in [5.41, 5.74) is 2.97. The molecule has 0 spiro atoms. The molecule has 0 radical (unpaired) electrons. The molecule has 2 aliphatic carbocycles. The number of halogens is 1. The van der Waals surface area contributed by atoms with Crippen molar-refractivity contribution in [1.29, 1.82) is 0 Å². The zero-order chi connectivity index (χ0) is 15.5. The van der Waals surface area contributed by atoms with Crippen LogP contribution in [-0.2, 0) is 6.42 Å². The summed E-state index contributed by atoms with van der Waals surface area (Å²) in [4.78, 5) is 0. The summed E-state index contributed by atoms with van der Waals surface area (Å²) in [7, 11) is 1.67. The minimum absolute atomic E-state index is 0.0831. The fourth-order valence-electron chi connectivity index (χ4n) is 5.05. The number of ether oxygens (including phenoxy) is 1. The van der Waals surface area contributed by atoms with E-state index in [-0.39, 0.29) is 5.82 Å². The first kappa shape index (κ1) is 14.0. The summed E-state index contributed by atoms with van der Waals surface area (Å²) in [5, 5.41) is 1.78. The maximum absolute atomic E-state index is 14.6. The van der Waals surface area contributed by atoms with Gasteiger partial charge in [0, 0.05) is 5.39 Å². The second-order valence-corrected chi connectivity index (χ2v) is 7.59. The molecule has 0 unspecified atom stereocenters. The predicted octanol–water partition coefficient (Wildman–Crippen LogP) is 5.45. The average Bonchev–Trinajstić information content (AvgIpc) is 2.81. The lowest BCUT2D eigenvalue weighted by Crippen LogP contribution is -2.27. The average molecular weight is 298 g/mol. The summed E-state index contributed by atoms with van der Waals surface area (Å²) in [6.45, 7) is 4.74. The van der Waals surface area contributed by atoms with Gasteiger partial charge in [0.15, 0.2) is 0 Å². The van der Waals surface area contributed by atoms with Crippen LogP contribution in [-0.4, -0.2) is 7.11 Å². The van der Waals surface area contributed by atoms with Crippen molar-refractivity contribution in [3.63, 3.8) is 0 Å². The van der Waals surface area contributed by atoms with Crippen molar-refractivity contribution in [3.8, 4) is 5.75 Å². The molecule has 2 heteroatoms. The highest BCUT2D eigenvalue weighted by Gasteiger charge is 2.46. The number of benzene rings is 2. The van der Waals surface area contributed by atoms with Crippen LogP contribution < -0.4 is 4.74 Å². The maximum Gasteiger partial charge on any atom is 0.131 e. The molecule has 2 aliphatic rings. The number of hydrogen-bond donors (Lipinski definition) is 0. The van der Waals surface area contributed by atoms with Gasteiger partial charge >= 0.3 is 0 Å². The summed E-state index contributed by atoms with van der Waals surface area (Å²) in [5.74, 6) is 1.98. The molecule has 3 atom stereocenters. The molecular weight excluding hydrogens is 275 g/mol. The SMILES string of the molecule is COc1ccc2c(F)cc3c(c2c1)CC[C@]1(C)C[C@@H](C)C[C@@H]31. The monoisotopic (exact) mass is 298 g/mol. The summed E-state index contributed by atoms with van der Waals surface area (Å²) in [6, 6.07) is 7.54. The number of rotatable bonds is 1. The van der Waals surface area contributed by atoms with Gasteiger partial charge < -0.3 is 4.74 Å². The van der Waals surface area contributed by atoms with E-state index >= 15 is 0 Å². The van der Waals surface area contributed by atoms with Crippen LogP contribution in [0.25, 0.3) is 10.8 Å². The van der Waals surface area contributed by atoms with E-state index in [1.165, 1.54) is 30.4 Å². The van der Waals surface area contributed by atoms with E-state index < -0.39 is 0 Å². The molecule has 1 fully saturated rings.